The predicted molar refractivity (Wildman–Crippen MR) is 153 cm³/mol. The SMILES string of the molecule is Cc1ccccc1C1SCC(=O)N(CC(=O)NC2CC2)c2c1c(-c1ccccc1)nn2-c1ccccc1Cl. The Morgan fingerprint density at radius 2 is 1.74 bits per heavy atom. The van der Waals surface area contributed by atoms with Crippen LogP contribution in [0.3, 0.4) is 0 Å². The largest absolute Gasteiger partial charge is 0.352 e. The standard InChI is InChI=1S/C30H27ClN4O2S/c1-19-9-5-6-12-22(19)29-27-28(20-10-3-2-4-11-20)33-35(24-14-8-7-13-23(24)31)30(27)34(26(37)18-38-29)17-25(36)32-21-15-16-21/h2-14,21,29H,15-18H2,1H3,(H,32,36). The van der Waals surface area contributed by atoms with Gasteiger partial charge in [-0.05, 0) is 43.0 Å². The van der Waals surface area contributed by atoms with Gasteiger partial charge >= 0.3 is 0 Å². The van der Waals surface area contributed by atoms with Crippen LogP contribution in [0.1, 0.15) is 34.8 Å². The third-order valence-corrected chi connectivity index (χ3v) is 8.49. The lowest BCUT2D eigenvalue weighted by molar-refractivity contribution is -0.123. The van der Waals surface area contributed by atoms with Gasteiger partial charge in [-0.1, -0.05) is 78.3 Å². The van der Waals surface area contributed by atoms with Crippen molar-refractivity contribution in [1.82, 2.24) is 15.1 Å². The summed E-state index contributed by atoms with van der Waals surface area (Å²) < 4.78 is 1.75. The van der Waals surface area contributed by atoms with Crippen LogP contribution in [0.25, 0.3) is 16.9 Å². The molecule has 3 aromatic carbocycles. The minimum Gasteiger partial charge on any atom is -0.352 e. The number of thioether (sulfide) groups is 1. The molecule has 1 N–H and O–H groups in total. The summed E-state index contributed by atoms with van der Waals surface area (Å²) in [4.78, 5) is 28.4. The maximum atomic E-state index is 13.7. The predicted octanol–water partition coefficient (Wildman–Crippen LogP) is 5.95. The van der Waals surface area contributed by atoms with Gasteiger partial charge in [0.05, 0.1) is 27.4 Å². The van der Waals surface area contributed by atoms with Crippen LogP contribution in [0.15, 0.2) is 78.9 Å². The molecule has 6 nitrogen and oxygen atoms in total. The molecule has 2 heterocycles. The first-order valence-electron chi connectivity index (χ1n) is 12.7. The van der Waals surface area contributed by atoms with E-state index in [1.165, 1.54) is 0 Å². The lowest BCUT2D eigenvalue weighted by atomic mass is 9.97. The zero-order valence-electron chi connectivity index (χ0n) is 20.9. The van der Waals surface area contributed by atoms with Gasteiger partial charge in [-0.15, -0.1) is 11.8 Å². The average Bonchev–Trinajstić information content (AvgIpc) is 3.68. The lowest BCUT2D eigenvalue weighted by Crippen LogP contribution is -2.43. The maximum absolute atomic E-state index is 13.7. The second-order valence-electron chi connectivity index (χ2n) is 9.68. The van der Waals surface area contributed by atoms with Crippen LogP contribution < -0.4 is 10.2 Å². The van der Waals surface area contributed by atoms with Crippen molar-refractivity contribution >= 4 is 41.0 Å². The Balaban J connectivity index is 1.63. The van der Waals surface area contributed by atoms with E-state index < -0.39 is 0 Å². The number of benzene rings is 3. The number of nitrogens with one attached hydrogen (secondary N) is 1. The van der Waals surface area contributed by atoms with Crippen LogP contribution in [-0.4, -0.2) is 39.9 Å². The highest BCUT2D eigenvalue weighted by Gasteiger charge is 2.38. The van der Waals surface area contributed by atoms with Gasteiger partial charge in [-0.25, -0.2) is 4.68 Å². The fourth-order valence-corrected chi connectivity index (χ4v) is 6.40. The Morgan fingerprint density at radius 3 is 2.47 bits per heavy atom. The number of aromatic nitrogens is 2. The Labute approximate surface area is 231 Å². The normalized spacial score (nSPS) is 17.2. The summed E-state index contributed by atoms with van der Waals surface area (Å²) in [5.41, 5.74) is 5.51. The van der Waals surface area contributed by atoms with Crippen molar-refractivity contribution in [1.29, 1.82) is 0 Å². The summed E-state index contributed by atoms with van der Waals surface area (Å²) >= 11 is 8.27. The van der Waals surface area contributed by atoms with E-state index in [2.05, 4.69) is 24.4 Å². The molecule has 2 aliphatic rings. The molecule has 1 fully saturated rings. The van der Waals surface area contributed by atoms with Crippen LogP contribution >= 0.6 is 23.4 Å². The smallest absolute Gasteiger partial charge is 0.240 e. The second kappa shape index (κ2) is 10.3. The molecule has 1 saturated carbocycles. The van der Waals surface area contributed by atoms with E-state index >= 15 is 0 Å². The Bertz CT molecular complexity index is 1520. The van der Waals surface area contributed by atoms with E-state index in [0.29, 0.717) is 16.5 Å². The first-order valence-corrected chi connectivity index (χ1v) is 14.1. The number of halogens is 1. The number of nitrogens with zero attached hydrogens (tertiary/aromatic N) is 3. The first-order chi connectivity index (χ1) is 18.5. The molecule has 0 saturated heterocycles. The van der Waals surface area contributed by atoms with Crippen LogP contribution in [0, 0.1) is 6.92 Å². The summed E-state index contributed by atoms with van der Waals surface area (Å²) in [6, 6.07) is 25.9. The summed E-state index contributed by atoms with van der Waals surface area (Å²) in [5, 5.41) is 8.48. The number of hydrogen-bond acceptors (Lipinski definition) is 4. The van der Waals surface area contributed by atoms with Gasteiger partial charge in [0.2, 0.25) is 11.8 Å². The highest BCUT2D eigenvalue weighted by molar-refractivity contribution is 8.00. The van der Waals surface area contributed by atoms with E-state index in [0.717, 1.165) is 40.8 Å². The molecule has 38 heavy (non-hydrogen) atoms. The summed E-state index contributed by atoms with van der Waals surface area (Å²) in [6.45, 7) is 2.01. The van der Waals surface area contributed by atoms with Gasteiger partial charge in [0.25, 0.3) is 0 Å². The number of carbonyl (C=O) groups excluding carboxylic acids is 2. The molecule has 2 amide bonds. The highest BCUT2D eigenvalue weighted by Crippen LogP contribution is 2.49. The van der Waals surface area contributed by atoms with E-state index in [1.54, 1.807) is 21.3 Å². The molecule has 1 atom stereocenters. The number of para-hydroxylation sites is 1. The van der Waals surface area contributed by atoms with Crippen LogP contribution in [0.4, 0.5) is 5.82 Å². The fourth-order valence-electron chi connectivity index (χ4n) is 4.89. The van der Waals surface area contributed by atoms with Gasteiger partial charge in [0, 0.05) is 17.2 Å². The molecule has 8 heteroatoms. The molecular formula is C30H27ClN4O2S. The second-order valence-corrected chi connectivity index (χ2v) is 11.2. The van der Waals surface area contributed by atoms with Crippen molar-refractivity contribution in [3.63, 3.8) is 0 Å². The number of aryl methyl sites for hydroxylation is 1. The number of carbonyl (C=O) groups is 2. The molecule has 1 aliphatic carbocycles. The molecule has 0 spiro atoms. The molecule has 1 unspecified atom stereocenters. The van der Waals surface area contributed by atoms with Crippen molar-refractivity contribution in [2.24, 2.45) is 0 Å². The number of anilines is 1. The highest BCUT2D eigenvalue weighted by atomic mass is 35.5. The third kappa shape index (κ3) is 4.72. The zero-order valence-corrected chi connectivity index (χ0v) is 22.5. The topological polar surface area (TPSA) is 67.2 Å². The van der Waals surface area contributed by atoms with E-state index in [1.807, 2.05) is 66.7 Å². The van der Waals surface area contributed by atoms with E-state index in [-0.39, 0.29) is 35.4 Å². The van der Waals surface area contributed by atoms with Gasteiger partial charge in [-0.2, -0.15) is 5.10 Å². The summed E-state index contributed by atoms with van der Waals surface area (Å²) in [5.74, 6) is 0.526. The Kier molecular flexibility index (Phi) is 6.72. The van der Waals surface area contributed by atoms with Crippen molar-refractivity contribution in [3.8, 4) is 16.9 Å². The molecular weight excluding hydrogens is 516 g/mol. The zero-order chi connectivity index (χ0) is 26.2. The number of rotatable bonds is 6. The van der Waals surface area contributed by atoms with E-state index in [9.17, 15) is 9.59 Å². The molecule has 0 bridgehead atoms. The van der Waals surface area contributed by atoms with E-state index in [4.69, 9.17) is 16.7 Å². The minimum atomic E-state index is -0.168. The Morgan fingerprint density at radius 1 is 1.03 bits per heavy atom. The van der Waals surface area contributed by atoms with Crippen LogP contribution in [0.2, 0.25) is 5.02 Å². The molecule has 1 aliphatic heterocycles. The third-order valence-electron chi connectivity index (χ3n) is 6.93. The molecule has 192 valence electrons. The Hall–Kier alpha value is -3.55. The summed E-state index contributed by atoms with van der Waals surface area (Å²) in [7, 11) is 0. The molecule has 6 rings (SSSR count). The monoisotopic (exact) mass is 542 g/mol. The summed E-state index contributed by atoms with van der Waals surface area (Å²) in [6.07, 6.45) is 1.96. The first kappa shape index (κ1) is 24.8. The fraction of sp³-hybridized carbons (Fsp3) is 0.233. The van der Waals surface area contributed by atoms with Crippen molar-refractivity contribution in [3.05, 3.63) is 101 Å². The van der Waals surface area contributed by atoms with Crippen LogP contribution in [0.5, 0.6) is 0 Å². The van der Waals surface area contributed by atoms with Gasteiger partial charge in [0.15, 0.2) is 0 Å². The number of hydrogen-bond donors (Lipinski definition) is 1. The van der Waals surface area contributed by atoms with Gasteiger partial charge < -0.3 is 5.32 Å². The van der Waals surface area contributed by atoms with Gasteiger partial charge in [-0.3, -0.25) is 14.5 Å². The number of amides is 2. The minimum absolute atomic E-state index is 0.0756. The maximum Gasteiger partial charge on any atom is 0.240 e. The lowest BCUT2D eigenvalue weighted by Gasteiger charge is -2.23. The molecule has 1 aromatic heterocycles. The molecule has 0 radical (unpaired) electrons. The quantitative estimate of drug-likeness (QED) is 0.327. The number of fused-ring (bicyclic) bond motifs is 1. The van der Waals surface area contributed by atoms with Crippen LogP contribution in [-0.2, 0) is 9.59 Å². The van der Waals surface area contributed by atoms with Gasteiger partial charge in [0.1, 0.15) is 12.4 Å². The molecule has 4 aromatic rings. The van der Waals surface area contributed by atoms with Crippen molar-refractivity contribution in [2.45, 2.75) is 31.1 Å². The van der Waals surface area contributed by atoms with Crippen molar-refractivity contribution < 1.29 is 9.59 Å². The average molecular weight is 543 g/mol. The van der Waals surface area contributed by atoms with Crippen molar-refractivity contribution in [2.75, 3.05) is 17.2 Å².